The monoisotopic (exact) mass is 423 g/mol. The van der Waals surface area contributed by atoms with Crippen LogP contribution in [0, 0.1) is 0 Å². The van der Waals surface area contributed by atoms with E-state index in [0.29, 0.717) is 28.4 Å². The lowest BCUT2D eigenvalue weighted by Gasteiger charge is -2.26. The molecule has 28 heavy (non-hydrogen) atoms. The van der Waals surface area contributed by atoms with Gasteiger partial charge in [0.1, 0.15) is 16.4 Å². The Balaban J connectivity index is 0.00000225. The number of aromatic amines is 1. The number of aliphatic hydroxyl groups is 2. The van der Waals surface area contributed by atoms with E-state index in [-0.39, 0.29) is 31.1 Å². The number of aromatic nitrogens is 3. The molecule has 1 aromatic carbocycles. The number of benzene rings is 1. The summed E-state index contributed by atoms with van der Waals surface area (Å²) >= 11 is 1.41. The number of para-hydroxylation sites is 1. The van der Waals surface area contributed by atoms with E-state index in [2.05, 4.69) is 25.6 Å². The third-order valence-electron chi connectivity index (χ3n) is 4.59. The van der Waals surface area contributed by atoms with Gasteiger partial charge in [-0.2, -0.15) is 4.98 Å². The molecular weight excluding hydrogens is 402 g/mol. The number of hydrogen-bond acceptors (Lipinski definition) is 8. The van der Waals surface area contributed by atoms with E-state index in [1.54, 1.807) is 0 Å². The number of anilines is 2. The molecule has 2 aromatic heterocycles. The molecule has 4 rings (SSSR count). The van der Waals surface area contributed by atoms with Gasteiger partial charge in [0.15, 0.2) is 0 Å². The van der Waals surface area contributed by atoms with Crippen molar-refractivity contribution in [2.24, 2.45) is 0 Å². The van der Waals surface area contributed by atoms with Gasteiger partial charge in [0.2, 0.25) is 5.95 Å². The first-order chi connectivity index (χ1) is 13.1. The molecule has 150 valence electrons. The van der Waals surface area contributed by atoms with Crippen molar-refractivity contribution < 1.29 is 10.2 Å². The maximum atomic E-state index is 12.8. The Morgan fingerprint density at radius 1 is 1.29 bits per heavy atom. The van der Waals surface area contributed by atoms with Crippen LogP contribution in [0.2, 0.25) is 0 Å². The SMILES string of the molecule is Cl.O=c1[nH]c(NC2CCC2)nc(NCC(O)CO)c1-c1nc2ccccc2s1. The summed E-state index contributed by atoms with van der Waals surface area (Å²) in [4.78, 5) is 24.7. The lowest BCUT2D eigenvalue weighted by Crippen LogP contribution is -2.30. The van der Waals surface area contributed by atoms with Crippen molar-refractivity contribution in [1.29, 1.82) is 0 Å². The van der Waals surface area contributed by atoms with Crippen LogP contribution in [0.1, 0.15) is 19.3 Å². The Labute approximate surface area is 171 Å². The van der Waals surface area contributed by atoms with Crippen molar-refractivity contribution in [3.8, 4) is 10.6 Å². The summed E-state index contributed by atoms with van der Waals surface area (Å²) in [7, 11) is 0. The van der Waals surface area contributed by atoms with Crippen LogP contribution in [-0.2, 0) is 0 Å². The van der Waals surface area contributed by atoms with Crippen molar-refractivity contribution in [3.05, 3.63) is 34.6 Å². The summed E-state index contributed by atoms with van der Waals surface area (Å²) < 4.78 is 0.977. The number of fused-ring (bicyclic) bond motifs is 1. The molecule has 0 amide bonds. The zero-order valence-corrected chi connectivity index (χ0v) is 16.6. The van der Waals surface area contributed by atoms with Crippen molar-refractivity contribution >= 4 is 45.7 Å². The van der Waals surface area contributed by atoms with Crippen LogP contribution in [0.4, 0.5) is 11.8 Å². The van der Waals surface area contributed by atoms with E-state index in [1.165, 1.54) is 17.8 Å². The molecule has 1 saturated carbocycles. The molecule has 1 unspecified atom stereocenters. The number of aliphatic hydroxyl groups excluding tert-OH is 2. The fourth-order valence-electron chi connectivity index (χ4n) is 2.87. The highest BCUT2D eigenvalue weighted by Crippen LogP contribution is 2.32. The molecule has 10 heteroatoms. The fourth-order valence-corrected chi connectivity index (χ4v) is 3.88. The second kappa shape index (κ2) is 8.87. The average molecular weight is 424 g/mol. The minimum Gasteiger partial charge on any atom is -0.394 e. The van der Waals surface area contributed by atoms with Crippen LogP contribution in [-0.4, -0.2) is 50.5 Å². The molecule has 0 bridgehead atoms. The van der Waals surface area contributed by atoms with Gasteiger partial charge in [0, 0.05) is 12.6 Å². The molecule has 8 nitrogen and oxygen atoms in total. The molecule has 5 N–H and O–H groups in total. The van der Waals surface area contributed by atoms with Crippen molar-refractivity contribution in [2.75, 3.05) is 23.8 Å². The number of rotatable bonds is 7. The van der Waals surface area contributed by atoms with Gasteiger partial charge in [-0.3, -0.25) is 9.78 Å². The summed E-state index contributed by atoms with van der Waals surface area (Å²) in [5, 5.41) is 25.5. The number of nitrogens with one attached hydrogen (secondary N) is 3. The summed E-state index contributed by atoms with van der Waals surface area (Å²) in [6.45, 7) is -0.298. The van der Waals surface area contributed by atoms with Crippen LogP contribution in [0.3, 0.4) is 0 Å². The molecule has 1 aliphatic carbocycles. The highest BCUT2D eigenvalue weighted by Gasteiger charge is 2.21. The highest BCUT2D eigenvalue weighted by atomic mass is 35.5. The minimum absolute atomic E-state index is 0. The molecule has 0 spiro atoms. The molecule has 3 aromatic rings. The largest absolute Gasteiger partial charge is 0.394 e. The van der Waals surface area contributed by atoms with Gasteiger partial charge >= 0.3 is 0 Å². The van der Waals surface area contributed by atoms with E-state index in [0.717, 1.165) is 23.1 Å². The number of hydrogen-bond donors (Lipinski definition) is 5. The molecule has 1 aliphatic rings. The van der Waals surface area contributed by atoms with E-state index in [9.17, 15) is 9.90 Å². The first kappa shape index (κ1) is 20.5. The predicted octanol–water partition coefficient (Wildman–Crippen LogP) is 2.20. The Bertz CT molecular complexity index is 971. The van der Waals surface area contributed by atoms with Gasteiger partial charge in [-0.1, -0.05) is 12.1 Å². The molecule has 0 saturated heterocycles. The van der Waals surface area contributed by atoms with E-state index in [1.807, 2.05) is 24.3 Å². The normalized spacial score (nSPS) is 14.9. The second-order valence-corrected chi connectivity index (χ2v) is 7.64. The molecule has 1 fully saturated rings. The van der Waals surface area contributed by atoms with Gasteiger partial charge in [-0.15, -0.1) is 23.7 Å². The second-order valence-electron chi connectivity index (χ2n) is 6.61. The van der Waals surface area contributed by atoms with E-state index >= 15 is 0 Å². The Morgan fingerprint density at radius 3 is 2.75 bits per heavy atom. The smallest absolute Gasteiger partial charge is 0.264 e. The van der Waals surface area contributed by atoms with E-state index in [4.69, 9.17) is 5.11 Å². The van der Waals surface area contributed by atoms with Gasteiger partial charge in [-0.25, -0.2) is 4.98 Å². The number of H-pyrrole nitrogens is 1. The molecule has 2 heterocycles. The summed E-state index contributed by atoms with van der Waals surface area (Å²) in [6.07, 6.45) is 2.32. The minimum atomic E-state index is -0.947. The van der Waals surface area contributed by atoms with Crippen LogP contribution in [0.5, 0.6) is 0 Å². The van der Waals surface area contributed by atoms with Crippen molar-refractivity contribution in [1.82, 2.24) is 15.0 Å². The predicted molar refractivity (Wildman–Crippen MR) is 114 cm³/mol. The topological polar surface area (TPSA) is 123 Å². The maximum Gasteiger partial charge on any atom is 0.264 e. The van der Waals surface area contributed by atoms with Gasteiger partial charge in [-0.05, 0) is 31.4 Å². The number of halogens is 1. The highest BCUT2D eigenvalue weighted by molar-refractivity contribution is 7.21. The van der Waals surface area contributed by atoms with Crippen molar-refractivity contribution in [3.63, 3.8) is 0 Å². The number of nitrogens with zero attached hydrogens (tertiary/aromatic N) is 2. The fraction of sp³-hybridized carbons (Fsp3) is 0.389. The van der Waals surface area contributed by atoms with Crippen LogP contribution in [0.15, 0.2) is 29.1 Å². The molecule has 1 atom stereocenters. The lowest BCUT2D eigenvalue weighted by atomic mass is 9.93. The zero-order chi connectivity index (χ0) is 18.8. The van der Waals surface area contributed by atoms with Gasteiger partial charge in [0.05, 0.1) is 22.9 Å². The van der Waals surface area contributed by atoms with Crippen LogP contribution >= 0.6 is 23.7 Å². The first-order valence-corrected chi connectivity index (χ1v) is 9.75. The van der Waals surface area contributed by atoms with Gasteiger partial charge in [0.25, 0.3) is 5.56 Å². The Kier molecular flexibility index (Phi) is 6.50. The third kappa shape index (κ3) is 4.27. The van der Waals surface area contributed by atoms with Gasteiger partial charge < -0.3 is 20.8 Å². The summed E-state index contributed by atoms with van der Waals surface area (Å²) in [6, 6.07) is 7.99. The Hall–Kier alpha value is -2.20. The maximum absolute atomic E-state index is 12.8. The zero-order valence-electron chi connectivity index (χ0n) is 15.0. The van der Waals surface area contributed by atoms with Crippen LogP contribution < -0.4 is 16.2 Å². The third-order valence-corrected chi connectivity index (χ3v) is 5.64. The van der Waals surface area contributed by atoms with E-state index < -0.39 is 6.10 Å². The molecule has 0 aliphatic heterocycles. The quantitative estimate of drug-likeness (QED) is 0.394. The first-order valence-electron chi connectivity index (χ1n) is 8.93. The lowest BCUT2D eigenvalue weighted by molar-refractivity contribution is 0.105. The Morgan fingerprint density at radius 2 is 2.07 bits per heavy atom. The molecular formula is C18H22ClN5O3S. The summed E-state index contributed by atoms with van der Waals surface area (Å²) in [5.41, 5.74) is 0.849. The number of thiazole rings is 1. The van der Waals surface area contributed by atoms with Crippen LogP contribution in [0.25, 0.3) is 20.8 Å². The average Bonchev–Trinajstić information content (AvgIpc) is 3.05. The summed E-state index contributed by atoms with van der Waals surface area (Å²) in [5.74, 6) is 0.739. The molecule has 0 radical (unpaired) electrons. The van der Waals surface area contributed by atoms with Crippen molar-refractivity contribution in [2.45, 2.75) is 31.4 Å². The standard InChI is InChI=1S/C18H21N5O3S.ClH/c24-9-11(25)8-19-15-14(17-21-12-6-1-2-7-13(12)27-17)16(26)23-18(22-15)20-10-4-3-5-10;/h1-2,6-7,10-11,24-25H,3-5,8-9H2,(H3,19,20,22,23,26);1H.